The van der Waals surface area contributed by atoms with Crippen LogP contribution in [0.2, 0.25) is 0 Å². The Kier molecular flexibility index (Phi) is 4.73. The molecule has 0 unspecified atom stereocenters. The molecule has 0 aliphatic rings. The Morgan fingerprint density at radius 3 is 2.39 bits per heavy atom. The van der Waals surface area contributed by atoms with Crippen LogP contribution in [0.3, 0.4) is 0 Å². The molecular weight excluding hydrogens is 324 g/mol. The molecule has 0 spiro atoms. The molecule has 0 fully saturated rings. The zero-order chi connectivity index (χ0) is 14.0. The topological polar surface area (TPSA) is 113 Å². The predicted molar refractivity (Wildman–Crippen MR) is 71.5 cm³/mol. The molecule has 0 aliphatic heterocycles. The Hall–Kier alpha value is -0.670. The Bertz CT molecular complexity index is 529. The number of nitrogen functional groups attached to an aromatic ring is 1. The first-order valence-electron chi connectivity index (χ1n) is 5.05. The minimum atomic E-state index is -3.84. The van der Waals surface area contributed by atoms with Crippen LogP contribution in [0.15, 0.2) is 27.6 Å². The maximum Gasteiger partial charge on any atom is 0.241 e. The standard InChI is InChI=1S/C10H15BrN2O4S/c1-10(5-14,6-15)13-18(16,17)7-2-3-9(12)8(11)4-7/h2-4,13-15H,5-6,12H2,1H3. The van der Waals surface area contributed by atoms with Crippen LogP contribution in [0, 0.1) is 0 Å². The molecule has 0 atom stereocenters. The van der Waals surface area contributed by atoms with Gasteiger partial charge in [-0.15, -0.1) is 0 Å². The van der Waals surface area contributed by atoms with E-state index in [1.165, 1.54) is 25.1 Å². The molecule has 1 rings (SSSR count). The molecule has 0 heterocycles. The summed E-state index contributed by atoms with van der Waals surface area (Å²) in [7, 11) is -3.84. The van der Waals surface area contributed by atoms with Gasteiger partial charge in [0.1, 0.15) is 0 Å². The second-order valence-corrected chi connectivity index (χ2v) is 6.70. The fourth-order valence-electron chi connectivity index (χ4n) is 1.17. The average Bonchev–Trinajstić information content (AvgIpc) is 2.32. The van der Waals surface area contributed by atoms with Crippen LogP contribution in [0.25, 0.3) is 0 Å². The molecule has 6 nitrogen and oxygen atoms in total. The molecule has 8 heteroatoms. The lowest BCUT2D eigenvalue weighted by Gasteiger charge is -2.25. The van der Waals surface area contributed by atoms with Crippen molar-refractivity contribution in [3.63, 3.8) is 0 Å². The number of nitrogens with two attached hydrogens (primary N) is 1. The highest BCUT2D eigenvalue weighted by Gasteiger charge is 2.29. The summed E-state index contributed by atoms with van der Waals surface area (Å²) in [6.07, 6.45) is 0. The van der Waals surface area contributed by atoms with Crippen molar-refractivity contribution in [3.05, 3.63) is 22.7 Å². The molecule has 0 saturated heterocycles. The molecule has 18 heavy (non-hydrogen) atoms. The van der Waals surface area contributed by atoms with Gasteiger partial charge in [0.15, 0.2) is 0 Å². The highest BCUT2D eigenvalue weighted by molar-refractivity contribution is 9.10. The Morgan fingerprint density at radius 2 is 1.94 bits per heavy atom. The molecule has 0 aliphatic carbocycles. The Morgan fingerprint density at radius 1 is 1.39 bits per heavy atom. The number of halogens is 1. The molecule has 0 bridgehead atoms. The summed E-state index contributed by atoms with van der Waals surface area (Å²) >= 11 is 3.14. The Labute approximate surface area is 114 Å². The smallest absolute Gasteiger partial charge is 0.241 e. The van der Waals surface area contributed by atoms with Gasteiger partial charge in [-0.1, -0.05) is 0 Å². The molecule has 1 aromatic carbocycles. The fraction of sp³-hybridized carbons (Fsp3) is 0.400. The van der Waals surface area contributed by atoms with Gasteiger partial charge < -0.3 is 15.9 Å². The summed E-state index contributed by atoms with van der Waals surface area (Å²) in [4.78, 5) is -0.00306. The lowest BCUT2D eigenvalue weighted by molar-refractivity contribution is 0.122. The molecule has 0 saturated carbocycles. The third-order valence-corrected chi connectivity index (χ3v) is 4.68. The number of rotatable bonds is 5. The van der Waals surface area contributed by atoms with E-state index in [9.17, 15) is 8.42 Å². The van der Waals surface area contributed by atoms with Crippen LogP contribution >= 0.6 is 15.9 Å². The zero-order valence-electron chi connectivity index (χ0n) is 9.72. The van der Waals surface area contributed by atoms with Crippen LogP contribution in [0.4, 0.5) is 5.69 Å². The van der Waals surface area contributed by atoms with Gasteiger partial charge in [-0.25, -0.2) is 13.1 Å². The normalized spacial score (nSPS) is 12.7. The second kappa shape index (κ2) is 5.54. The van der Waals surface area contributed by atoms with Crippen molar-refractivity contribution >= 4 is 31.6 Å². The number of aliphatic hydroxyl groups is 2. The van der Waals surface area contributed by atoms with Crippen molar-refractivity contribution in [1.82, 2.24) is 4.72 Å². The van der Waals surface area contributed by atoms with Gasteiger partial charge in [-0.2, -0.15) is 0 Å². The third-order valence-electron chi connectivity index (χ3n) is 2.36. The minimum Gasteiger partial charge on any atom is -0.398 e. The maximum absolute atomic E-state index is 12.0. The first-order chi connectivity index (χ1) is 8.24. The molecule has 0 aromatic heterocycles. The zero-order valence-corrected chi connectivity index (χ0v) is 12.1. The van der Waals surface area contributed by atoms with Crippen LogP contribution in [0.5, 0.6) is 0 Å². The predicted octanol–water partition coefficient (Wildman–Crippen LogP) is 0.0529. The molecule has 5 N–H and O–H groups in total. The van der Waals surface area contributed by atoms with Crippen LogP contribution in [-0.2, 0) is 10.0 Å². The van der Waals surface area contributed by atoms with Crippen molar-refractivity contribution < 1.29 is 18.6 Å². The Balaban J connectivity index is 3.10. The van der Waals surface area contributed by atoms with Gasteiger partial charge in [0.2, 0.25) is 10.0 Å². The van der Waals surface area contributed by atoms with Crippen molar-refractivity contribution in [1.29, 1.82) is 0 Å². The number of sulfonamides is 1. The average molecular weight is 339 g/mol. The van der Waals surface area contributed by atoms with E-state index in [4.69, 9.17) is 15.9 Å². The summed E-state index contributed by atoms with van der Waals surface area (Å²) in [6.45, 7) is 0.370. The van der Waals surface area contributed by atoms with E-state index in [-0.39, 0.29) is 4.90 Å². The largest absolute Gasteiger partial charge is 0.398 e. The summed E-state index contributed by atoms with van der Waals surface area (Å²) in [6, 6.07) is 4.15. The van der Waals surface area contributed by atoms with E-state index in [2.05, 4.69) is 20.7 Å². The number of benzene rings is 1. The van der Waals surface area contributed by atoms with E-state index in [1.54, 1.807) is 0 Å². The van der Waals surface area contributed by atoms with E-state index in [1.807, 2.05) is 0 Å². The second-order valence-electron chi connectivity index (χ2n) is 4.17. The number of hydrogen-bond donors (Lipinski definition) is 4. The van der Waals surface area contributed by atoms with Crippen molar-refractivity contribution in [2.75, 3.05) is 18.9 Å². The van der Waals surface area contributed by atoms with E-state index in [0.717, 1.165) is 0 Å². The van der Waals surface area contributed by atoms with Gasteiger partial charge in [0.25, 0.3) is 0 Å². The summed E-state index contributed by atoms with van der Waals surface area (Å²) < 4.78 is 26.8. The molecule has 102 valence electrons. The van der Waals surface area contributed by atoms with Gasteiger partial charge in [0, 0.05) is 10.2 Å². The lowest BCUT2D eigenvalue weighted by atomic mass is 10.1. The SMILES string of the molecule is CC(CO)(CO)NS(=O)(=O)c1ccc(N)c(Br)c1. The molecule has 0 amide bonds. The monoisotopic (exact) mass is 338 g/mol. The fourth-order valence-corrected chi connectivity index (χ4v) is 3.12. The van der Waals surface area contributed by atoms with Crippen LogP contribution in [0.1, 0.15) is 6.92 Å². The van der Waals surface area contributed by atoms with E-state index >= 15 is 0 Å². The van der Waals surface area contributed by atoms with Crippen LogP contribution in [-0.4, -0.2) is 37.4 Å². The summed E-state index contributed by atoms with van der Waals surface area (Å²) in [5.74, 6) is 0. The molecule has 1 aromatic rings. The number of hydrogen-bond acceptors (Lipinski definition) is 5. The third kappa shape index (κ3) is 3.42. The van der Waals surface area contributed by atoms with Crippen molar-refractivity contribution in [2.24, 2.45) is 0 Å². The summed E-state index contributed by atoms with van der Waals surface area (Å²) in [5, 5.41) is 18.2. The van der Waals surface area contributed by atoms with Gasteiger partial charge in [0.05, 0.1) is 23.6 Å². The lowest BCUT2D eigenvalue weighted by Crippen LogP contribution is -2.51. The first-order valence-corrected chi connectivity index (χ1v) is 7.32. The van der Waals surface area contributed by atoms with Gasteiger partial charge in [-0.05, 0) is 41.1 Å². The van der Waals surface area contributed by atoms with Gasteiger partial charge >= 0.3 is 0 Å². The number of aliphatic hydroxyl groups excluding tert-OH is 2. The van der Waals surface area contributed by atoms with Crippen molar-refractivity contribution in [2.45, 2.75) is 17.4 Å². The van der Waals surface area contributed by atoms with Crippen LogP contribution < -0.4 is 10.5 Å². The first kappa shape index (κ1) is 15.4. The summed E-state index contributed by atoms with van der Waals surface area (Å²) in [5.41, 5.74) is 4.67. The van der Waals surface area contributed by atoms with E-state index < -0.39 is 28.8 Å². The molecular formula is C10H15BrN2O4S. The minimum absolute atomic E-state index is 0.00306. The van der Waals surface area contributed by atoms with Gasteiger partial charge in [-0.3, -0.25) is 0 Å². The molecule has 0 radical (unpaired) electrons. The highest BCUT2D eigenvalue weighted by atomic mass is 79.9. The highest BCUT2D eigenvalue weighted by Crippen LogP contribution is 2.23. The number of nitrogens with one attached hydrogen (secondary N) is 1. The van der Waals surface area contributed by atoms with E-state index in [0.29, 0.717) is 10.2 Å². The maximum atomic E-state index is 12.0. The van der Waals surface area contributed by atoms with Crippen molar-refractivity contribution in [3.8, 4) is 0 Å². The quantitative estimate of drug-likeness (QED) is 0.567. The number of anilines is 1.